The molecule has 30 heavy (non-hydrogen) atoms. The lowest BCUT2D eigenvalue weighted by Gasteiger charge is -2.17. The Labute approximate surface area is 177 Å². The van der Waals surface area contributed by atoms with Gasteiger partial charge in [0.05, 0.1) is 23.8 Å². The van der Waals surface area contributed by atoms with Crippen molar-refractivity contribution in [2.45, 2.75) is 26.9 Å². The maximum atomic E-state index is 12.2. The largest absolute Gasteiger partial charge is 0.494 e. The minimum absolute atomic E-state index is 0.0934. The fourth-order valence-corrected chi connectivity index (χ4v) is 2.61. The molecular weight excluding hydrogens is 416 g/mol. The molecule has 0 aliphatic rings. The number of nitrogens with one attached hydrogen (secondary N) is 3. The third-order valence-electron chi connectivity index (χ3n) is 4.04. The number of carbonyl (C=O) groups is 2. The number of hydrazine groups is 1. The molecule has 0 bridgehead atoms. The fraction of sp³-hybridized carbons (Fsp3) is 0.263. The highest BCUT2D eigenvalue weighted by molar-refractivity contribution is 6.32. The Morgan fingerprint density at radius 1 is 1.13 bits per heavy atom. The van der Waals surface area contributed by atoms with Crippen LogP contribution < -0.4 is 25.6 Å². The number of rotatable bonds is 6. The molecule has 2 aromatic rings. The summed E-state index contributed by atoms with van der Waals surface area (Å²) in [6.45, 7) is 5.17. The molecule has 2 rings (SSSR count). The van der Waals surface area contributed by atoms with Crippen molar-refractivity contribution in [1.29, 1.82) is 0 Å². The van der Waals surface area contributed by atoms with E-state index in [-0.39, 0.29) is 17.1 Å². The second kappa shape index (κ2) is 9.79. The molecule has 3 N–H and O–H groups in total. The molecule has 0 aliphatic carbocycles. The number of urea groups is 1. The van der Waals surface area contributed by atoms with Crippen molar-refractivity contribution in [3.63, 3.8) is 0 Å². The number of nitro groups is 1. The van der Waals surface area contributed by atoms with Crippen LogP contribution in [0.25, 0.3) is 0 Å². The minimum atomic E-state index is -0.904. The Balaban J connectivity index is 1.93. The molecule has 0 unspecified atom stereocenters. The van der Waals surface area contributed by atoms with Gasteiger partial charge in [-0.1, -0.05) is 11.6 Å². The molecule has 0 radical (unpaired) electrons. The van der Waals surface area contributed by atoms with Crippen LogP contribution in [0.5, 0.6) is 11.5 Å². The Hall–Kier alpha value is -3.53. The van der Waals surface area contributed by atoms with Gasteiger partial charge in [0.15, 0.2) is 6.10 Å². The fourth-order valence-electron chi connectivity index (χ4n) is 2.50. The molecule has 0 aromatic heterocycles. The van der Waals surface area contributed by atoms with Gasteiger partial charge in [-0.05, 0) is 50.1 Å². The first-order valence-electron chi connectivity index (χ1n) is 8.75. The predicted octanol–water partition coefficient (Wildman–Crippen LogP) is 3.49. The second-order valence-corrected chi connectivity index (χ2v) is 6.72. The molecule has 0 spiro atoms. The van der Waals surface area contributed by atoms with Gasteiger partial charge in [-0.3, -0.25) is 20.3 Å². The van der Waals surface area contributed by atoms with E-state index < -0.39 is 23.0 Å². The highest BCUT2D eigenvalue weighted by Crippen LogP contribution is 2.29. The van der Waals surface area contributed by atoms with Crippen molar-refractivity contribution < 1.29 is 24.0 Å². The number of hydrogen-bond donors (Lipinski definition) is 3. The van der Waals surface area contributed by atoms with E-state index in [1.807, 2.05) is 13.8 Å². The summed E-state index contributed by atoms with van der Waals surface area (Å²) in [5.41, 5.74) is 6.03. The highest BCUT2D eigenvalue weighted by atomic mass is 35.5. The summed E-state index contributed by atoms with van der Waals surface area (Å²) < 4.78 is 10.6. The number of methoxy groups -OCH3 is 1. The third-order valence-corrected chi connectivity index (χ3v) is 4.63. The SMILES string of the molecule is COc1cc([N+](=O)[O-])ccc1NC(=O)NNC(=O)[C@H](C)Oc1cc(C)c(Cl)c(C)c1. The van der Waals surface area contributed by atoms with Crippen molar-refractivity contribution in [1.82, 2.24) is 10.9 Å². The van der Waals surface area contributed by atoms with E-state index in [2.05, 4.69) is 16.2 Å². The van der Waals surface area contributed by atoms with E-state index in [1.54, 1.807) is 12.1 Å². The lowest BCUT2D eigenvalue weighted by molar-refractivity contribution is -0.384. The smallest absolute Gasteiger partial charge is 0.338 e. The van der Waals surface area contributed by atoms with Gasteiger partial charge < -0.3 is 14.8 Å². The molecule has 0 saturated heterocycles. The van der Waals surface area contributed by atoms with E-state index in [0.29, 0.717) is 10.8 Å². The number of non-ortho nitro benzene ring substituents is 1. The Morgan fingerprint density at radius 2 is 1.77 bits per heavy atom. The highest BCUT2D eigenvalue weighted by Gasteiger charge is 2.17. The molecule has 2 aromatic carbocycles. The molecule has 0 aliphatic heterocycles. The van der Waals surface area contributed by atoms with Gasteiger partial charge in [-0.25, -0.2) is 10.2 Å². The Bertz CT molecular complexity index is 958. The summed E-state index contributed by atoms with van der Waals surface area (Å²) in [4.78, 5) is 34.4. The molecule has 0 fully saturated rings. The standard InChI is InChI=1S/C19H21ClN4O6/c1-10-7-14(8-11(2)17(10)20)30-12(3)18(25)22-23-19(26)21-15-6-5-13(24(27)28)9-16(15)29-4/h5-9,12H,1-4H3,(H,22,25)(H2,21,23,26)/t12-/m0/s1. The molecular formula is C19H21ClN4O6. The van der Waals surface area contributed by atoms with Crippen LogP contribution in [-0.2, 0) is 4.79 Å². The monoisotopic (exact) mass is 436 g/mol. The molecule has 0 saturated carbocycles. The van der Waals surface area contributed by atoms with Crippen LogP contribution in [0.1, 0.15) is 18.1 Å². The first-order chi connectivity index (χ1) is 14.1. The maximum absolute atomic E-state index is 12.2. The number of ether oxygens (including phenoxy) is 2. The number of halogens is 1. The molecule has 1 atom stereocenters. The Morgan fingerprint density at radius 3 is 2.33 bits per heavy atom. The second-order valence-electron chi connectivity index (χ2n) is 6.34. The number of nitrogens with zero attached hydrogens (tertiary/aromatic N) is 1. The third kappa shape index (κ3) is 5.74. The van der Waals surface area contributed by atoms with Gasteiger partial charge in [-0.2, -0.15) is 0 Å². The van der Waals surface area contributed by atoms with Gasteiger partial charge in [-0.15, -0.1) is 0 Å². The number of anilines is 1. The van der Waals surface area contributed by atoms with Crippen molar-refractivity contribution >= 4 is 34.9 Å². The van der Waals surface area contributed by atoms with Gasteiger partial charge in [0.25, 0.3) is 11.6 Å². The summed E-state index contributed by atoms with van der Waals surface area (Å²) in [7, 11) is 1.31. The van der Waals surface area contributed by atoms with Crippen molar-refractivity contribution in [3.05, 3.63) is 56.6 Å². The zero-order chi connectivity index (χ0) is 22.4. The summed E-state index contributed by atoms with van der Waals surface area (Å²) in [6.07, 6.45) is -0.904. The van der Waals surface area contributed by atoms with Crippen molar-refractivity contribution in [2.24, 2.45) is 0 Å². The number of benzene rings is 2. The van der Waals surface area contributed by atoms with Crippen LogP contribution in [0.3, 0.4) is 0 Å². The molecule has 11 heteroatoms. The molecule has 0 heterocycles. The first-order valence-corrected chi connectivity index (χ1v) is 9.12. The van der Waals surface area contributed by atoms with Gasteiger partial charge >= 0.3 is 6.03 Å². The normalized spacial score (nSPS) is 11.2. The van der Waals surface area contributed by atoms with E-state index in [1.165, 1.54) is 32.2 Å². The quantitative estimate of drug-likeness (QED) is 0.469. The molecule has 160 valence electrons. The summed E-state index contributed by atoms with van der Waals surface area (Å²) in [6, 6.07) is 6.33. The zero-order valence-electron chi connectivity index (χ0n) is 16.7. The van der Waals surface area contributed by atoms with Crippen LogP contribution in [0.4, 0.5) is 16.2 Å². The van der Waals surface area contributed by atoms with Gasteiger partial charge in [0, 0.05) is 11.1 Å². The van der Waals surface area contributed by atoms with E-state index in [0.717, 1.165) is 11.1 Å². The lowest BCUT2D eigenvalue weighted by atomic mass is 10.1. The number of nitro benzene ring substituents is 1. The van der Waals surface area contributed by atoms with Crippen molar-refractivity contribution in [3.8, 4) is 11.5 Å². The lowest BCUT2D eigenvalue weighted by Crippen LogP contribution is -2.48. The minimum Gasteiger partial charge on any atom is -0.494 e. The topological polar surface area (TPSA) is 132 Å². The van der Waals surface area contributed by atoms with Gasteiger partial charge in [0.2, 0.25) is 0 Å². The van der Waals surface area contributed by atoms with E-state index >= 15 is 0 Å². The predicted molar refractivity (Wildman–Crippen MR) is 111 cm³/mol. The number of aryl methyl sites for hydroxylation is 2. The van der Waals surface area contributed by atoms with E-state index in [4.69, 9.17) is 21.1 Å². The van der Waals surface area contributed by atoms with Gasteiger partial charge in [0.1, 0.15) is 11.5 Å². The maximum Gasteiger partial charge on any atom is 0.338 e. The Kier molecular flexibility index (Phi) is 7.43. The van der Waals surface area contributed by atoms with Crippen LogP contribution in [0.2, 0.25) is 5.02 Å². The van der Waals surface area contributed by atoms with Crippen LogP contribution >= 0.6 is 11.6 Å². The average molecular weight is 437 g/mol. The first kappa shape index (κ1) is 22.8. The molecule has 10 nitrogen and oxygen atoms in total. The summed E-state index contributed by atoms with van der Waals surface area (Å²) >= 11 is 6.11. The average Bonchev–Trinajstić information content (AvgIpc) is 2.70. The number of amides is 3. The van der Waals surface area contributed by atoms with Crippen LogP contribution in [0, 0.1) is 24.0 Å². The zero-order valence-corrected chi connectivity index (χ0v) is 17.5. The van der Waals surface area contributed by atoms with E-state index in [9.17, 15) is 19.7 Å². The molecule has 3 amide bonds. The number of hydrogen-bond acceptors (Lipinski definition) is 6. The van der Waals surface area contributed by atoms with Crippen LogP contribution in [0.15, 0.2) is 30.3 Å². The summed E-state index contributed by atoms with van der Waals surface area (Å²) in [5, 5.41) is 13.9. The van der Waals surface area contributed by atoms with Crippen LogP contribution in [-0.4, -0.2) is 30.1 Å². The number of carbonyl (C=O) groups excluding carboxylic acids is 2. The van der Waals surface area contributed by atoms with Crippen molar-refractivity contribution in [2.75, 3.05) is 12.4 Å². The summed E-state index contributed by atoms with van der Waals surface area (Å²) in [5.74, 6) is -0.0287.